The van der Waals surface area contributed by atoms with Gasteiger partial charge in [0.1, 0.15) is 11.6 Å². The summed E-state index contributed by atoms with van der Waals surface area (Å²) >= 11 is 0. The van der Waals surface area contributed by atoms with Gasteiger partial charge in [0.05, 0.1) is 23.7 Å². The molecule has 0 saturated carbocycles. The molecule has 1 amide bonds. The van der Waals surface area contributed by atoms with Gasteiger partial charge in [-0.1, -0.05) is 12.1 Å². The third-order valence-electron chi connectivity index (χ3n) is 5.88. The standard InChI is InChI=1S/C22H24N4O2/c1-26-10-8-16(13-19(26)21-24-17-4-2-3-5-18(17)25-21)23-22(27)15-6-7-20-14(12-15)9-11-28-20/h2-7,12,16,19H,8-11,13H2,1H3,(H,23,27)(H,24,25). The van der Waals surface area contributed by atoms with E-state index in [0.29, 0.717) is 12.2 Å². The highest BCUT2D eigenvalue weighted by atomic mass is 16.5. The largest absolute Gasteiger partial charge is 0.493 e. The summed E-state index contributed by atoms with van der Waals surface area (Å²) in [4.78, 5) is 23.3. The van der Waals surface area contributed by atoms with Crippen molar-refractivity contribution in [2.45, 2.75) is 31.3 Å². The first-order chi connectivity index (χ1) is 13.7. The number of fused-ring (bicyclic) bond motifs is 2. The van der Waals surface area contributed by atoms with Crippen LogP contribution in [0.5, 0.6) is 5.75 Å². The normalized spacial score (nSPS) is 22.0. The second-order valence-corrected chi connectivity index (χ2v) is 7.75. The minimum atomic E-state index is -0.00684. The lowest BCUT2D eigenvalue weighted by atomic mass is 9.96. The molecule has 5 rings (SSSR count). The second-order valence-electron chi connectivity index (χ2n) is 7.75. The molecule has 2 N–H and O–H groups in total. The van der Waals surface area contributed by atoms with Crippen molar-refractivity contribution in [3.63, 3.8) is 0 Å². The maximum atomic E-state index is 12.8. The van der Waals surface area contributed by atoms with Gasteiger partial charge in [-0.2, -0.15) is 0 Å². The third kappa shape index (κ3) is 3.14. The number of carbonyl (C=O) groups excluding carboxylic acids is 1. The van der Waals surface area contributed by atoms with E-state index in [0.717, 1.165) is 54.0 Å². The van der Waals surface area contributed by atoms with Gasteiger partial charge in [-0.15, -0.1) is 0 Å². The van der Waals surface area contributed by atoms with Crippen molar-refractivity contribution in [2.24, 2.45) is 0 Å². The molecule has 144 valence electrons. The van der Waals surface area contributed by atoms with Gasteiger partial charge >= 0.3 is 0 Å². The Kier molecular flexibility index (Phi) is 4.28. The fraction of sp³-hybridized carbons (Fsp3) is 0.364. The Labute approximate surface area is 163 Å². The van der Waals surface area contributed by atoms with Crippen LogP contribution in [0.3, 0.4) is 0 Å². The minimum absolute atomic E-state index is 0.00684. The predicted octanol–water partition coefficient (Wildman–Crippen LogP) is 3.06. The van der Waals surface area contributed by atoms with Crippen molar-refractivity contribution < 1.29 is 9.53 Å². The van der Waals surface area contributed by atoms with Crippen LogP contribution in [-0.2, 0) is 6.42 Å². The van der Waals surface area contributed by atoms with Gasteiger partial charge in [-0.25, -0.2) is 4.98 Å². The van der Waals surface area contributed by atoms with Gasteiger partial charge in [0.2, 0.25) is 0 Å². The van der Waals surface area contributed by atoms with Gasteiger partial charge in [0, 0.05) is 24.6 Å². The molecule has 2 aromatic carbocycles. The third-order valence-corrected chi connectivity index (χ3v) is 5.88. The lowest BCUT2D eigenvalue weighted by Crippen LogP contribution is -2.45. The summed E-state index contributed by atoms with van der Waals surface area (Å²) in [7, 11) is 2.12. The molecule has 2 aliphatic rings. The first-order valence-electron chi connectivity index (χ1n) is 9.89. The van der Waals surface area contributed by atoms with Crippen molar-refractivity contribution >= 4 is 16.9 Å². The van der Waals surface area contributed by atoms with Gasteiger partial charge in [-0.05, 0) is 55.8 Å². The van der Waals surface area contributed by atoms with Crippen molar-refractivity contribution in [1.82, 2.24) is 20.2 Å². The van der Waals surface area contributed by atoms with Crippen molar-refractivity contribution in [2.75, 3.05) is 20.2 Å². The molecule has 1 fully saturated rings. The average molecular weight is 376 g/mol. The zero-order valence-corrected chi connectivity index (χ0v) is 15.9. The van der Waals surface area contributed by atoms with E-state index >= 15 is 0 Å². The van der Waals surface area contributed by atoms with E-state index in [-0.39, 0.29) is 18.0 Å². The number of hydrogen-bond donors (Lipinski definition) is 2. The number of aromatic nitrogens is 2. The molecule has 3 aromatic rings. The first kappa shape index (κ1) is 17.3. The monoisotopic (exact) mass is 376 g/mol. The predicted molar refractivity (Wildman–Crippen MR) is 108 cm³/mol. The number of nitrogens with zero attached hydrogens (tertiary/aromatic N) is 2. The van der Waals surface area contributed by atoms with Crippen LogP contribution in [0.25, 0.3) is 11.0 Å². The number of ether oxygens (including phenoxy) is 1. The quantitative estimate of drug-likeness (QED) is 0.737. The number of hydrogen-bond acceptors (Lipinski definition) is 4. The molecule has 3 heterocycles. The topological polar surface area (TPSA) is 70.2 Å². The molecule has 0 spiro atoms. The number of likely N-dealkylation sites (tertiary alicyclic amines) is 1. The number of carbonyl (C=O) groups is 1. The molecule has 2 aliphatic heterocycles. The first-order valence-corrected chi connectivity index (χ1v) is 9.89. The van der Waals surface area contributed by atoms with Crippen molar-refractivity contribution in [3.05, 3.63) is 59.4 Å². The highest BCUT2D eigenvalue weighted by molar-refractivity contribution is 5.94. The number of benzene rings is 2. The van der Waals surface area contributed by atoms with Crippen molar-refractivity contribution in [1.29, 1.82) is 0 Å². The molecule has 2 atom stereocenters. The second kappa shape index (κ2) is 6.95. The molecule has 1 aromatic heterocycles. The number of H-pyrrole nitrogens is 1. The van der Waals surface area contributed by atoms with E-state index in [1.165, 1.54) is 0 Å². The Balaban J connectivity index is 1.31. The average Bonchev–Trinajstić information content (AvgIpc) is 3.35. The number of imidazole rings is 1. The Morgan fingerprint density at radius 1 is 1.29 bits per heavy atom. The zero-order chi connectivity index (χ0) is 19.1. The van der Waals surface area contributed by atoms with Crippen LogP contribution >= 0.6 is 0 Å². The number of nitrogens with one attached hydrogen (secondary N) is 2. The van der Waals surface area contributed by atoms with E-state index in [9.17, 15) is 4.79 Å². The lowest BCUT2D eigenvalue weighted by molar-refractivity contribution is 0.0884. The molecule has 0 bridgehead atoms. The summed E-state index contributed by atoms with van der Waals surface area (Å²) in [6.07, 6.45) is 2.65. The fourth-order valence-corrected chi connectivity index (χ4v) is 4.26. The zero-order valence-electron chi connectivity index (χ0n) is 15.9. The number of piperidine rings is 1. The Morgan fingerprint density at radius 2 is 2.18 bits per heavy atom. The van der Waals surface area contributed by atoms with E-state index in [1.807, 2.05) is 42.5 Å². The number of para-hydroxylation sites is 2. The van der Waals surface area contributed by atoms with Crippen LogP contribution in [0.15, 0.2) is 42.5 Å². The summed E-state index contributed by atoms with van der Waals surface area (Å²) < 4.78 is 5.54. The SMILES string of the molecule is CN1CCC(NC(=O)c2ccc3c(c2)CCO3)CC1c1nc2ccccc2[nH]1. The highest BCUT2D eigenvalue weighted by Crippen LogP contribution is 2.30. The Morgan fingerprint density at radius 3 is 3.07 bits per heavy atom. The molecule has 1 saturated heterocycles. The van der Waals surface area contributed by atoms with Gasteiger partial charge in [0.25, 0.3) is 5.91 Å². The highest BCUT2D eigenvalue weighted by Gasteiger charge is 2.30. The molecule has 6 heteroatoms. The van der Waals surface area contributed by atoms with Crippen LogP contribution in [-0.4, -0.2) is 47.0 Å². The van der Waals surface area contributed by atoms with E-state index < -0.39 is 0 Å². The maximum absolute atomic E-state index is 12.8. The molecular formula is C22H24N4O2. The van der Waals surface area contributed by atoms with E-state index in [4.69, 9.17) is 9.72 Å². The molecule has 2 unspecified atom stereocenters. The summed E-state index contributed by atoms with van der Waals surface area (Å²) in [6.45, 7) is 1.62. The van der Waals surface area contributed by atoms with Gasteiger partial charge < -0.3 is 15.0 Å². The molecular weight excluding hydrogens is 352 g/mol. The lowest BCUT2D eigenvalue weighted by Gasteiger charge is -2.36. The molecule has 28 heavy (non-hydrogen) atoms. The number of aromatic amines is 1. The summed E-state index contributed by atoms with van der Waals surface area (Å²) in [5.74, 6) is 1.87. The van der Waals surface area contributed by atoms with E-state index in [1.54, 1.807) is 0 Å². The van der Waals surface area contributed by atoms with Crippen LogP contribution in [0.2, 0.25) is 0 Å². The Hall–Kier alpha value is -2.86. The fourth-order valence-electron chi connectivity index (χ4n) is 4.26. The molecule has 6 nitrogen and oxygen atoms in total. The van der Waals surface area contributed by atoms with Crippen molar-refractivity contribution in [3.8, 4) is 5.75 Å². The molecule has 0 aliphatic carbocycles. The summed E-state index contributed by atoms with van der Waals surface area (Å²) in [5, 5.41) is 3.23. The van der Waals surface area contributed by atoms with Crippen LogP contribution < -0.4 is 10.1 Å². The van der Waals surface area contributed by atoms with Crippen LogP contribution in [0, 0.1) is 0 Å². The Bertz CT molecular complexity index is 995. The molecule has 0 radical (unpaired) electrons. The summed E-state index contributed by atoms with van der Waals surface area (Å²) in [6, 6.07) is 14.1. The number of rotatable bonds is 3. The minimum Gasteiger partial charge on any atom is -0.493 e. The maximum Gasteiger partial charge on any atom is 0.251 e. The van der Waals surface area contributed by atoms with Crippen LogP contribution in [0.4, 0.5) is 0 Å². The van der Waals surface area contributed by atoms with Gasteiger partial charge in [-0.3, -0.25) is 9.69 Å². The van der Waals surface area contributed by atoms with Gasteiger partial charge in [0.15, 0.2) is 0 Å². The van der Waals surface area contributed by atoms with E-state index in [2.05, 4.69) is 22.2 Å². The smallest absolute Gasteiger partial charge is 0.251 e. The number of amides is 1. The van der Waals surface area contributed by atoms with Crippen LogP contribution in [0.1, 0.15) is 40.6 Å². The summed E-state index contributed by atoms with van der Waals surface area (Å²) in [5.41, 5.74) is 3.87.